The number of thiophene rings is 1. The highest BCUT2D eigenvalue weighted by atomic mass is 79.9. The number of amides is 1. The summed E-state index contributed by atoms with van der Waals surface area (Å²) in [5.41, 5.74) is 0. The van der Waals surface area contributed by atoms with Gasteiger partial charge in [-0.3, -0.25) is 4.79 Å². The van der Waals surface area contributed by atoms with Gasteiger partial charge in [-0.05, 0) is 28.1 Å². The summed E-state index contributed by atoms with van der Waals surface area (Å²) < 4.78 is 27.6. The SMILES string of the molecule is O=C(C1CNC1)N1CCN(S(=O)(=O)c2ccc(Br)s2)CC1. The number of carbonyl (C=O) groups is 1. The number of hydrogen-bond donors (Lipinski definition) is 1. The molecule has 0 spiro atoms. The van der Waals surface area contributed by atoms with Crippen LogP contribution in [0.4, 0.5) is 0 Å². The molecular formula is C12H16BrN3O3S2. The topological polar surface area (TPSA) is 69.7 Å². The molecule has 1 N–H and O–H groups in total. The van der Waals surface area contributed by atoms with E-state index in [0.29, 0.717) is 30.4 Å². The van der Waals surface area contributed by atoms with Gasteiger partial charge in [0.15, 0.2) is 0 Å². The van der Waals surface area contributed by atoms with Crippen LogP contribution in [0.2, 0.25) is 0 Å². The Hall–Kier alpha value is -0.480. The van der Waals surface area contributed by atoms with E-state index in [1.807, 2.05) is 0 Å². The first-order chi connectivity index (χ1) is 9.98. The highest BCUT2D eigenvalue weighted by Gasteiger charge is 2.34. The molecule has 0 atom stereocenters. The molecule has 3 heterocycles. The largest absolute Gasteiger partial charge is 0.340 e. The Kier molecular flexibility index (Phi) is 4.37. The molecule has 2 saturated heterocycles. The molecule has 0 saturated carbocycles. The summed E-state index contributed by atoms with van der Waals surface area (Å²) >= 11 is 4.50. The Morgan fingerprint density at radius 1 is 1.24 bits per heavy atom. The first kappa shape index (κ1) is 15.4. The van der Waals surface area contributed by atoms with Gasteiger partial charge in [-0.2, -0.15) is 4.31 Å². The summed E-state index contributed by atoms with van der Waals surface area (Å²) in [7, 11) is -3.43. The van der Waals surface area contributed by atoms with Crippen molar-refractivity contribution in [2.75, 3.05) is 39.3 Å². The predicted octanol–water partition coefficient (Wildman–Crippen LogP) is 0.563. The van der Waals surface area contributed by atoms with E-state index in [1.54, 1.807) is 17.0 Å². The predicted molar refractivity (Wildman–Crippen MR) is 83.7 cm³/mol. The normalized spacial score (nSPS) is 21.3. The molecule has 2 aliphatic heterocycles. The number of sulfonamides is 1. The van der Waals surface area contributed by atoms with Crippen LogP contribution in [0.3, 0.4) is 0 Å². The van der Waals surface area contributed by atoms with Crippen molar-refractivity contribution >= 4 is 43.2 Å². The van der Waals surface area contributed by atoms with Crippen LogP contribution in [0, 0.1) is 5.92 Å². The third-order valence-electron chi connectivity index (χ3n) is 3.82. The maximum atomic E-state index is 12.5. The number of nitrogens with zero attached hydrogens (tertiary/aromatic N) is 2. The van der Waals surface area contributed by atoms with E-state index in [4.69, 9.17) is 0 Å². The molecule has 6 nitrogen and oxygen atoms in total. The fourth-order valence-electron chi connectivity index (χ4n) is 2.43. The summed E-state index contributed by atoms with van der Waals surface area (Å²) in [6.07, 6.45) is 0. The van der Waals surface area contributed by atoms with Gasteiger partial charge in [-0.25, -0.2) is 8.42 Å². The molecule has 21 heavy (non-hydrogen) atoms. The summed E-state index contributed by atoms with van der Waals surface area (Å²) in [4.78, 5) is 13.9. The summed E-state index contributed by atoms with van der Waals surface area (Å²) in [5.74, 6) is 0.214. The zero-order chi connectivity index (χ0) is 15.0. The molecular weight excluding hydrogens is 378 g/mol. The van der Waals surface area contributed by atoms with Crippen molar-refractivity contribution in [3.05, 3.63) is 15.9 Å². The van der Waals surface area contributed by atoms with Gasteiger partial charge >= 0.3 is 0 Å². The average molecular weight is 394 g/mol. The smallest absolute Gasteiger partial charge is 0.252 e. The highest BCUT2D eigenvalue weighted by Crippen LogP contribution is 2.29. The molecule has 1 amide bonds. The van der Waals surface area contributed by atoms with Crippen LogP contribution in [-0.4, -0.2) is 62.8 Å². The second kappa shape index (κ2) is 5.96. The molecule has 0 aliphatic carbocycles. The number of carbonyl (C=O) groups excluding carboxylic acids is 1. The van der Waals surface area contributed by atoms with Crippen LogP contribution < -0.4 is 5.32 Å². The molecule has 1 aromatic rings. The molecule has 2 fully saturated rings. The van der Waals surface area contributed by atoms with Crippen LogP contribution >= 0.6 is 27.3 Å². The number of hydrogen-bond acceptors (Lipinski definition) is 5. The van der Waals surface area contributed by atoms with Gasteiger partial charge in [-0.15, -0.1) is 11.3 Å². The van der Waals surface area contributed by atoms with Crippen molar-refractivity contribution in [1.82, 2.24) is 14.5 Å². The van der Waals surface area contributed by atoms with Crippen LogP contribution in [0.1, 0.15) is 0 Å². The van der Waals surface area contributed by atoms with E-state index < -0.39 is 10.0 Å². The molecule has 0 unspecified atom stereocenters. The van der Waals surface area contributed by atoms with Crippen LogP contribution in [0.5, 0.6) is 0 Å². The molecule has 2 aliphatic rings. The van der Waals surface area contributed by atoms with Crippen molar-refractivity contribution < 1.29 is 13.2 Å². The van der Waals surface area contributed by atoms with Gasteiger partial charge in [-0.1, -0.05) is 0 Å². The zero-order valence-corrected chi connectivity index (χ0v) is 14.5. The minimum absolute atomic E-state index is 0.0707. The summed E-state index contributed by atoms with van der Waals surface area (Å²) in [5, 5.41) is 3.08. The molecule has 0 bridgehead atoms. The molecule has 1 aromatic heterocycles. The first-order valence-corrected chi connectivity index (χ1v) is 9.78. The minimum atomic E-state index is -3.43. The third kappa shape index (κ3) is 3.02. The number of nitrogens with one attached hydrogen (secondary N) is 1. The minimum Gasteiger partial charge on any atom is -0.340 e. The standard InChI is InChI=1S/C12H16BrN3O3S2/c13-10-1-2-11(20-10)21(18,19)16-5-3-15(4-6-16)12(17)9-7-14-8-9/h1-2,9,14H,3-8H2. The summed E-state index contributed by atoms with van der Waals surface area (Å²) in [6.45, 7) is 3.15. The van der Waals surface area contributed by atoms with Crippen LogP contribution in [0.15, 0.2) is 20.1 Å². The van der Waals surface area contributed by atoms with E-state index in [0.717, 1.165) is 16.9 Å². The average Bonchev–Trinajstić information content (AvgIpc) is 2.84. The van der Waals surface area contributed by atoms with E-state index in [1.165, 1.54) is 15.6 Å². The van der Waals surface area contributed by atoms with E-state index in [-0.39, 0.29) is 11.8 Å². The Balaban J connectivity index is 1.64. The molecule has 116 valence electrons. The van der Waals surface area contributed by atoms with Gasteiger partial charge < -0.3 is 10.2 Å². The number of piperazine rings is 1. The second-order valence-electron chi connectivity index (χ2n) is 5.14. The Morgan fingerprint density at radius 3 is 2.38 bits per heavy atom. The van der Waals surface area contributed by atoms with E-state index >= 15 is 0 Å². The van der Waals surface area contributed by atoms with Crippen molar-refractivity contribution in [2.45, 2.75) is 4.21 Å². The van der Waals surface area contributed by atoms with Crippen molar-refractivity contribution in [3.63, 3.8) is 0 Å². The molecule has 0 radical (unpaired) electrons. The van der Waals surface area contributed by atoms with Crippen LogP contribution in [0.25, 0.3) is 0 Å². The maximum absolute atomic E-state index is 12.5. The van der Waals surface area contributed by atoms with Gasteiger partial charge in [0.1, 0.15) is 4.21 Å². The van der Waals surface area contributed by atoms with Crippen molar-refractivity contribution in [2.24, 2.45) is 5.92 Å². The third-order valence-corrected chi connectivity index (χ3v) is 7.81. The fourth-order valence-corrected chi connectivity index (χ4v) is 6.02. The number of halogens is 1. The van der Waals surface area contributed by atoms with Gasteiger partial charge in [0.25, 0.3) is 10.0 Å². The monoisotopic (exact) mass is 393 g/mol. The first-order valence-electron chi connectivity index (χ1n) is 6.73. The number of rotatable bonds is 3. The summed E-state index contributed by atoms with van der Waals surface area (Å²) in [6, 6.07) is 3.35. The lowest BCUT2D eigenvalue weighted by Crippen LogP contribution is -2.57. The lowest BCUT2D eigenvalue weighted by molar-refractivity contribution is -0.138. The lowest BCUT2D eigenvalue weighted by Gasteiger charge is -2.37. The lowest BCUT2D eigenvalue weighted by atomic mass is 10.0. The van der Waals surface area contributed by atoms with E-state index in [9.17, 15) is 13.2 Å². The Labute approximate surface area is 136 Å². The van der Waals surface area contributed by atoms with Gasteiger partial charge in [0.05, 0.1) is 9.70 Å². The van der Waals surface area contributed by atoms with Crippen molar-refractivity contribution in [3.8, 4) is 0 Å². The van der Waals surface area contributed by atoms with Gasteiger partial charge in [0, 0.05) is 39.3 Å². The van der Waals surface area contributed by atoms with Gasteiger partial charge in [0.2, 0.25) is 5.91 Å². The molecule has 3 rings (SSSR count). The maximum Gasteiger partial charge on any atom is 0.252 e. The molecule has 9 heteroatoms. The van der Waals surface area contributed by atoms with Crippen molar-refractivity contribution in [1.29, 1.82) is 0 Å². The second-order valence-corrected chi connectivity index (χ2v) is 9.77. The Morgan fingerprint density at radius 2 is 1.90 bits per heavy atom. The highest BCUT2D eigenvalue weighted by molar-refractivity contribution is 9.11. The zero-order valence-electron chi connectivity index (χ0n) is 11.3. The quantitative estimate of drug-likeness (QED) is 0.814. The van der Waals surface area contributed by atoms with Crippen LogP contribution in [-0.2, 0) is 14.8 Å². The Bertz CT molecular complexity index is 634. The molecule has 0 aromatic carbocycles. The fraction of sp³-hybridized carbons (Fsp3) is 0.583. The van der Waals surface area contributed by atoms with E-state index in [2.05, 4.69) is 21.2 Å².